The number of benzene rings is 2. The van der Waals surface area contributed by atoms with E-state index < -0.39 is 0 Å². The van der Waals surface area contributed by atoms with Gasteiger partial charge in [-0.2, -0.15) is 0 Å². The molecule has 4 heteroatoms. The number of methoxy groups -OCH3 is 1. The maximum absolute atomic E-state index is 6.54. The molecule has 1 heterocycles. The summed E-state index contributed by atoms with van der Waals surface area (Å²) in [4.78, 5) is 4.54. The third-order valence-electron chi connectivity index (χ3n) is 8.61. The highest BCUT2D eigenvalue weighted by Crippen LogP contribution is 2.40. The van der Waals surface area contributed by atoms with Gasteiger partial charge in [0, 0.05) is 25.4 Å². The van der Waals surface area contributed by atoms with Crippen LogP contribution in [0, 0.1) is 5.92 Å². The summed E-state index contributed by atoms with van der Waals surface area (Å²) in [5.74, 6) is 2.59. The zero-order valence-corrected chi connectivity index (χ0v) is 24.8. The van der Waals surface area contributed by atoms with E-state index in [9.17, 15) is 0 Å². The minimum Gasteiger partial charge on any atom is -0.496 e. The Morgan fingerprint density at radius 2 is 1.62 bits per heavy atom. The number of para-hydroxylation sites is 1. The minimum absolute atomic E-state index is 0.0571. The standard InChI is InChI=1S/C36H50N2O2/c1-3-4-27-40-36(31-16-8-6-9-17-31)34(38-28-32-18-13-14-26-37-32)20-10-5-7-15-29-22-24-30(25-23-29)33-19-11-12-21-35(33)39-2/h6,8-9,11-14,16-19,21,26,29-30,34,36,38H,3-5,7,10,15,20,22-25,27-28H2,1-2H3. The third-order valence-corrected chi connectivity index (χ3v) is 8.61. The first kappa shape index (κ1) is 30.3. The van der Waals surface area contributed by atoms with Crippen molar-refractivity contribution in [1.29, 1.82) is 0 Å². The predicted molar refractivity (Wildman–Crippen MR) is 166 cm³/mol. The van der Waals surface area contributed by atoms with E-state index in [2.05, 4.69) is 84.0 Å². The molecule has 0 aliphatic heterocycles. The quantitative estimate of drug-likeness (QED) is 0.173. The molecule has 216 valence electrons. The zero-order valence-electron chi connectivity index (χ0n) is 24.8. The first-order valence-electron chi connectivity index (χ1n) is 15.7. The van der Waals surface area contributed by atoms with Crippen LogP contribution in [0.2, 0.25) is 0 Å². The summed E-state index contributed by atoms with van der Waals surface area (Å²) in [6, 6.07) is 25.8. The molecule has 0 spiro atoms. The lowest BCUT2D eigenvalue weighted by Gasteiger charge is -2.30. The van der Waals surface area contributed by atoms with Crippen LogP contribution in [0.4, 0.5) is 0 Å². The van der Waals surface area contributed by atoms with E-state index in [1.54, 1.807) is 7.11 Å². The van der Waals surface area contributed by atoms with Gasteiger partial charge in [-0.25, -0.2) is 0 Å². The molecule has 3 aromatic rings. The van der Waals surface area contributed by atoms with Gasteiger partial charge in [-0.1, -0.05) is 93.6 Å². The van der Waals surface area contributed by atoms with Crippen molar-refractivity contribution in [3.8, 4) is 5.75 Å². The first-order valence-corrected chi connectivity index (χ1v) is 15.7. The van der Waals surface area contributed by atoms with E-state index in [0.717, 1.165) is 49.8 Å². The van der Waals surface area contributed by atoms with Crippen LogP contribution in [0.3, 0.4) is 0 Å². The lowest BCUT2D eigenvalue weighted by molar-refractivity contribution is 0.0198. The van der Waals surface area contributed by atoms with Crippen molar-refractivity contribution in [1.82, 2.24) is 10.3 Å². The van der Waals surface area contributed by atoms with Gasteiger partial charge in [0.05, 0.1) is 18.9 Å². The molecule has 4 nitrogen and oxygen atoms in total. The van der Waals surface area contributed by atoms with Gasteiger partial charge in [-0.3, -0.25) is 4.98 Å². The Bertz CT molecular complexity index is 1070. The van der Waals surface area contributed by atoms with E-state index in [0.29, 0.717) is 5.92 Å². The van der Waals surface area contributed by atoms with Crippen molar-refractivity contribution in [2.24, 2.45) is 5.92 Å². The Balaban J connectivity index is 1.27. The van der Waals surface area contributed by atoms with Crippen molar-refractivity contribution in [3.63, 3.8) is 0 Å². The number of hydrogen-bond acceptors (Lipinski definition) is 4. The lowest BCUT2D eigenvalue weighted by atomic mass is 9.77. The Morgan fingerprint density at radius 3 is 2.38 bits per heavy atom. The molecule has 0 saturated heterocycles. The average molecular weight is 543 g/mol. The van der Waals surface area contributed by atoms with E-state index in [1.807, 2.05) is 12.3 Å². The van der Waals surface area contributed by atoms with Gasteiger partial charge in [-0.05, 0) is 79.7 Å². The zero-order chi connectivity index (χ0) is 27.8. The van der Waals surface area contributed by atoms with Crippen molar-refractivity contribution >= 4 is 0 Å². The fourth-order valence-electron chi connectivity index (χ4n) is 6.28. The second kappa shape index (κ2) is 17.2. The molecular weight excluding hydrogens is 492 g/mol. The first-order chi connectivity index (χ1) is 19.8. The van der Waals surface area contributed by atoms with Gasteiger partial charge in [-0.15, -0.1) is 0 Å². The second-order valence-electron chi connectivity index (χ2n) is 11.5. The maximum Gasteiger partial charge on any atom is 0.122 e. The molecule has 1 N–H and O–H groups in total. The van der Waals surface area contributed by atoms with Crippen LogP contribution in [0.15, 0.2) is 79.0 Å². The van der Waals surface area contributed by atoms with E-state index >= 15 is 0 Å². The lowest BCUT2D eigenvalue weighted by Crippen LogP contribution is -2.36. The third kappa shape index (κ3) is 9.45. The highest BCUT2D eigenvalue weighted by molar-refractivity contribution is 5.36. The number of ether oxygens (including phenoxy) is 2. The topological polar surface area (TPSA) is 43.4 Å². The van der Waals surface area contributed by atoms with Crippen LogP contribution in [0.5, 0.6) is 5.75 Å². The van der Waals surface area contributed by atoms with Crippen molar-refractivity contribution < 1.29 is 9.47 Å². The predicted octanol–water partition coefficient (Wildman–Crippen LogP) is 9.03. The average Bonchev–Trinajstić information content (AvgIpc) is 3.02. The minimum atomic E-state index is 0.0571. The molecule has 0 bridgehead atoms. The number of aromatic nitrogens is 1. The summed E-state index contributed by atoms with van der Waals surface area (Å²) < 4.78 is 12.2. The molecule has 1 aliphatic rings. The van der Waals surface area contributed by atoms with E-state index in [4.69, 9.17) is 9.47 Å². The summed E-state index contributed by atoms with van der Waals surface area (Å²) in [5.41, 5.74) is 3.75. The molecule has 4 rings (SSSR count). The van der Waals surface area contributed by atoms with Crippen molar-refractivity contribution in [2.75, 3.05) is 13.7 Å². The number of unbranched alkanes of at least 4 members (excludes halogenated alkanes) is 3. The molecule has 2 aromatic carbocycles. The number of nitrogens with zero attached hydrogens (tertiary/aromatic N) is 1. The van der Waals surface area contributed by atoms with E-state index in [1.165, 1.54) is 62.5 Å². The molecule has 2 unspecified atom stereocenters. The van der Waals surface area contributed by atoms with Gasteiger partial charge in [0.25, 0.3) is 0 Å². The Kier molecular flexibility index (Phi) is 13.0. The molecule has 1 aromatic heterocycles. The number of nitrogens with one attached hydrogen (secondary N) is 1. The van der Waals surface area contributed by atoms with E-state index in [-0.39, 0.29) is 12.1 Å². The number of hydrogen-bond donors (Lipinski definition) is 1. The molecule has 0 amide bonds. The Morgan fingerprint density at radius 1 is 0.850 bits per heavy atom. The number of pyridine rings is 1. The second-order valence-corrected chi connectivity index (χ2v) is 11.5. The van der Waals surface area contributed by atoms with Gasteiger partial charge in [0.15, 0.2) is 0 Å². The molecule has 40 heavy (non-hydrogen) atoms. The van der Waals surface area contributed by atoms with Gasteiger partial charge >= 0.3 is 0 Å². The van der Waals surface area contributed by atoms with Crippen LogP contribution in [-0.2, 0) is 11.3 Å². The SMILES string of the molecule is CCCCOC(c1ccccc1)C(CCCCCC1CCC(c2ccccc2OC)CC1)NCc1ccccn1. The Labute approximate surface area is 242 Å². The van der Waals surface area contributed by atoms with Crippen LogP contribution in [-0.4, -0.2) is 24.7 Å². The van der Waals surface area contributed by atoms with Crippen LogP contribution >= 0.6 is 0 Å². The summed E-state index contributed by atoms with van der Waals surface area (Å²) in [6.45, 7) is 3.79. The largest absolute Gasteiger partial charge is 0.496 e. The molecular formula is C36H50N2O2. The van der Waals surface area contributed by atoms with Crippen LogP contribution in [0.25, 0.3) is 0 Å². The molecule has 1 saturated carbocycles. The molecule has 2 atom stereocenters. The highest BCUT2D eigenvalue weighted by atomic mass is 16.5. The molecule has 1 aliphatic carbocycles. The van der Waals surface area contributed by atoms with Crippen molar-refractivity contribution in [2.45, 2.75) is 102 Å². The number of rotatable bonds is 17. The summed E-state index contributed by atoms with van der Waals surface area (Å²) in [5, 5.41) is 3.83. The fraction of sp³-hybridized carbons (Fsp3) is 0.528. The van der Waals surface area contributed by atoms with Gasteiger partial charge < -0.3 is 14.8 Å². The summed E-state index contributed by atoms with van der Waals surface area (Å²) >= 11 is 0. The van der Waals surface area contributed by atoms with Gasteiger partial charge in [0.2, 0.25) is 0 Å². The smallest absolute Gasteiger partial charge is 0.122 e. The van der Waals surface area contributed by atoms with Crippen LogP contribution < -0.4 is 10.1 Å². The maximum atomic E-state index is 6.54. The highest BCUT2D eigenvalue weighted by Gasteiger charge is 2.25. The van der Waals surface area contributed by atoms with Crippen LogP contribution in [0.1, 0.15) is 106 Å². The van der Waals surface area contributed by atoms with Crippen molar-refractivity contribution in [3.05, 3.63) is 95.8 Å². The molecule has 0 radical (unpaired) electrons. The monoisotopic (exact) mass is 542 g/mol. The summed E-state index contributed by atoms with van der Waals surface area (Å²) in [6.07, 6.45) is 15.7. The van der Waals surface area contributed by atoms with Gasteiger partial charge in [0.1, 0.15) is 5.75 Å². The Hall–Kier alpha value is -2.69. The normalized spacial score (nSPS) is 18.8. The summed E-state index contributed by atoms with van der Waals surface area (Å²) in [7, 11) is 1.79. The molecule has 1 fully saturated rings. The fourth-order valence-corrected chi connectivity index (χ4v) is 6.28.